The molecule has 0 radical (unpaired) electrons. The Balaban J connectivity index is 1.46. The Kier molecular flexibility index (Phi) is 6.80. The maximum absolute atomic E-state index is 14.9. The van der Waals surface area contributed by atoms with E-state index in [1.54, 1.807) is 27.0 Å². The number of ether oxygens (including phenoxy) is 3. The zero-order chi connectivity index (χ0) is 25.3. The molecular weight excluding hydrogens is 478 g/mol. The molecule has 4 rings (SSSR count). The minimum atomic E-state index is -4.78. The van der Waals surface area contributed by atoms with Crippen LogP contribution in [0.4, 0.5) is 34.0 Å². The van der Waals surface area contributed by atoms with Gasteiger partial charge in [-0.3, -0.25) is 9.84 Å². The molecule has 0 unspecified atom stereocenters. The Morgan fingerprint density at radius 2 is 2.14 bits per heavy atom. The number of carbonyl (C=O) groups is 1. The highest BCUT2D eigenvalue weighted by Gasteiger charge is 2.42. The monoisotopic (exact) mass is 501 g/mol. The van der Waals surface area contributed by atoms with Crippen LogP contribution in [0, 0.1) is 6.92 Å². The van der Waals surface area contributed by atoms with Crippen LogP contribution in [0.1, 0.15) is 37.0 Å². The van der Waals surface area contributed by atoms with Gasteiger partial charge in [-0.25, -0.2) is 18.7 Å². The van der Waals surface area contributed by atoms with Crippen LogP contribution in [0.3, 0.4) is 0 Å². The van der Waals surface area contributed by atoms with E-state index in [1.807, 2.05) is 0 Å². The largest absolute Gasteiger partial charge is 0.522 e. The lowest BCUT2D eigenvalue weighted by molar-refractivity contribution is -0.330. The van der Waals surface area contributed by atoms with Gasteiger partial charge in [-0.2, -0.15) is 10.2 Å². The van der Waals surface area contributed by atoms with Crippen LogP contribution in [-0.2, 0) is 20.8 Å². The van der Waals surface area contributed by atoms with Crippen molar-refractivity contribution in [3.8, 4) is 0 Å². The minimum Gasteiger partial charge on any atom is -0.441 e. The number of H-pyrrole nitrogens is 1. The van der Waals surface area contributed by atoms with Gasteiger partial charge in [0.05, 0.1) is 29.9 Å². The van der Waals surface area contributed by atoms with Gasteiger partial charge in [0.25, 0.3) is 0 Å². The fraction of sp³-hybridized carbons (Fsp3) is 0.500. The summed E-state index contributed by atoms with van der Waals surface area (Å²) in [5.74, 6) is 0.525. The number of aryl methyl sites for hydroxylation is 1. The van der Waals surface area contributed by atoms with Crippen LogP contribution in [-0.4, -0.2) is 62.2 Å². The average Bonchev–Trinajstić information content (AvgIpc) is 3.45. The summed E-state index contributed by atoms with van der Waals surface area (Å²) in [6, 6.07) is 2.74. The molecule has 1 saturated heterocycles. The van der Waals surface area contributed by atoms with E-state index >= 15 is 0 Å². The molecule has 3 aromatic rings. The van der Waals surface area contributed by atoms with Crippen LogP contribution in [0.2, 0.25) is 0 Å². The molecule has 3 aromatic heterocycles. The molecule has 0 saturated carbocycles. The van der Waals surface area contributed by atoms with E-state index in [2.05, 4.69) is 35.7 Å². The zero-order valence-electron chi connectivity index (χ0n) is 18.9. The Bertz CT molecular complexity index is 1200. The number of nitrogens with one attached hydrogen (secondary N) is 3. The molecule has 3 N–H and O–H groups in total. The van der Waals surface area contributed by atoms with E-state index in [-0.39, 0.29) is 30.0 Å². The molecule has 3 atom stereocenters. The summed E-state index contributed by atoms with van der Waals surface area (Å²) in [4.78, 5) is 16.1. The number of rotatable bonds is 7. The molecule has 0 aliphatic carbocycles. The molecule has 0 spiro atoms. The molecule has 1 amide bonds. The number of alkyl halides is 4. The Morgan fingerprint density at radius 1 is 1.37 bits per heavy atom. The second kappa shape index (κ2) is 9.65. The highest BCUT2D eigenvalue weighted by atomic mass is 19.4. The van der Waals surface area contributed by atoms with Crippen LogP contribution in [0.25, 0.3) is 5.52 Å². The quantitative estimate of drug-likeness (QED) is 0.420. The van der Waals surface area contributed by atoms with E-state index in [4.69, 9.17) is 9.47 Å². The molecule has 1 aliphatic heterocycles. The van der Waals surface area contributed by atoms with Crippen molar-refractivity contribution in [3.05, 3.63) is 35.4 Å². The summed E-state index contributed by atoms with van der Waals surface area (Å²) in [5.41, 5.74) is 1.26. The molecule has 4 heterocycles. The van der Waals surface area contributed by atoms with Crippen molar-refractivity contribution in [2.75, 3.05) is 11.9 Å². The standard InChI is InChI=1S/C20H23F4N7O4/c1-9(2)25-19(32)35-14-8-33-17(16(14)21)12-5-15(29-28-12)27-18-13-4-11(7-34-20(22,23)24)30-31(13)6-10(3)26-18/h4-6,9,14,16-17H,7-8H2,1-3H3,(H,25,32)(H2,26,27,28,29)/t14-,16+,17-/m0/s1. The first-order valence-electron chi connectivity index (χ1n) is 10.6. The van der Waals surface area contributed by atoms with Crippen molar-refractivity contribution in [3.63, 3.8) is 0 Å². The van der Waals surface area contributed by atoms with Gasteiger partial charge in [-0.1, -0.05) is 0 Å². The lowest BCUT2D eigenvalue weighted by atomic mass is 10.1. The van der Waals surface area contributed by atoms with Crippen molar-refractivity contribution < 1.29 is 36.6 Å². The third kappa shape index (κ3) is 5.97. The van der Waals surface area contributed by atoms with E-state index in [0.29, 0.717) is 16.9 Å². The summed E-state index contributed by atoms with van der Waals surface area (Å²) < 4.78 is 67.7. The van der Waals surface area contributed by atoms with E-state index in [1.165, 1.54) is 16.6 Å². The van der Waals surface area contributed by atoms with Crippen molar-refractivity contribution in [1.82, 2.24) is 30.1 Å². The van der Waals surface area contributed by atoms with Crippen molar-refractivity contribution in [1.29, 1.82) is 0 Å². The van der Waals surface area contributed by atoms with Crippen molar-refractivity contribution >= 4 is 23.2 Å². The number of hydrogen-bond acceptors (Lipinski definition) is 8. The maximum Gasteiger partial charge on any atom is 0.522 e. The number of aromatic amines is 1. The zero-order valence-corrected chi connectivity index (χ0v) is 18.9. The number of aromatic nitrogens is 5. The van der Waals surface area contributed by atoms with Crippen molar-refractivity contribution in [2.45, 2.75) is 58.2 Å². The summed E-state index contributed by atoms with van der Waals surface area (Å²) in [7, 11) is 0. The molecule has 0 bridgehead atoms. The molecule has 11 nitrogen and oxygen atoms in total. The van der Waals surface area contributed by atoms with Crippen LogP contribution >= 0.6 is 0 Å². The summed E-state index contributed by atoms with van der Waals surface area (Å²) in [6.45, 7) is 4.30. The van der Waals surface area contributed by atoms with Gasteiger partial charge in [0, 0.05) is 12.1 Å². The number of fused-ring (bicyclic) bond motifs is 1. The Morgan fingerprint density at radius 3 is 2.86 bits per heavy atom. The normalized spacial score (nSPS) is 20.5. The summed E-state index contributed by atoms with van der Waals surface area (Å²) in [6.07, 6.45) is -7.73. The van der Waals surface area contributed by atoms with Gasteiger partial charge in [0.2, 0.25) is 0 Å². The van der Waals surface area contributed by atoms with E-state index in [9.17, 15) is 22.4 Å². The smallest absolute Gasteiger partial charge is 0.441 e. The van der Waals surface area contributed by atoms with E-state index < -0.39 is 37.4 Å². The molecule has 35 heavy (non-hydrogen) atoms. The topological polar surface area (TPSA) is 128 Å². The highest BCUT2D eigenvalue weighted by molar-refractivity contribution is 5.72. The van der Waals surface area contributed by atoms with Gasteiger partial charge in [-0.15, -0.1) is 13.2 Å². The fourth-order valence-electron chi connectivity index (χ4n) is 3.49. The molecular formula is C20H23F4N7O4. The first-order chi connectivity index (χ1) is 16.5. The molecule has 190 valence electrons. The lowest BCUT2D eigenvalue weighted by Crippen LogP contribution is -2.36. The number of hydrogen-bond donors (Lipinski definition) is 3. The number of carbonyl (C=O) groups excluding carboxylic acids is 1. The third-order valence-corrected chi connectivity index (χ3v) is 4.91. The number of amides is 1. The molecule has 15 heteroatoms. The summed E-state index contributed by atoms with van der Waals surface area (Å²) in [5, 5.41) is 16.3. The SMILES string of the molecule is Cc1cn2nc(COC(F)(F)F)cc2c(Nc2cc([C@@H]3OC[C@H](OC(=O)NC(C)C)[C@H]3F)[nH]n2)n1. The minimum absolute atomic E-state index is 0.0488. The second-order valence-electron chi connectivity index (χ2n) is 8.21. The van der Waals surface area contributed by atoms with Gasteiger partial charge < -0.3 is 20.1 Å². The number of halogens is 4. The van der Waals surface area contributed by atoms with Gasteiger partial charge in [0.1, 0.15) is 18.2 Å². The Labute approximate surface area is 196 Å². The number of nitrogens with zero attached hydrogens (tertiary/aromatic N) is 4. The van der Waals surface area contributed by atoms with Crippen molar-refractivity contribution in [2.24, 2.45) is 0 Å². The predicted octanol–water partition coefficient (Wildman–Crippen LogP) is 3.45. The van der Waals surface area contributed by atoms with Gasteiger partial charge in [0.15, 0.2) is 23.9 Å². The number of alkyl carbamates (subject to hydrolysis) is 1. The van der Waals surface area contributed by atoms with Gasteiger partial charge in [-0.05, 0) is 26.8 Å². The van der Waals surface area contributed by atoms with Gasteiger partial charge >= 0.3 is 12.5 Å². The molecule has 0 aromatic carbocycles. The highest BCUT2D eigenvalue weighted by Crippen LogP contribution is 2.34. The Hall–Kier alpha value is -3.46. The first-order valence-corrected chi connectivity index (χ1v) is 10.6. The third-order valence-electron chi connectivity index (χ3n) is 4.91. The second-order valence-corrected chi connectivity index (χ2v) is 8.21. The van der Waals surface area contributed by atoms with Crippen LogP contribution < -0.4 is 10.6 Å². The maximum atomic E-state index is 14.9. The van der Waals surface area contributed by atoms with Crippen LogP contribution in [0.5, 0.6) is 0 Å². The summed E-state index contributed by atoms with van der Waals surface area (Å²) >= 11 is 0. The molecule has 1 fully saturated rings. The predicted molar refractivity (Wildman–Crippen MR) is 113 cm³/mol. The van der Waals surface area contributed by atoms with E-state index in [0.717, 1.165) is 0 Å². The fourth-order valence-corrected chi connectivity index (χ4v) is 3.49. The van der Waals surface area contributed by atoms with Crippen LogP contribution in [0.15, 0.2) is 18.3 Å². The first kappa shape index (κ1) is 24.7. The molecule has 1 aliphatic rings. The average molecular weight is 501 g/mol. The lowest BCUT2D eigenvalue weighted by Gasteiger charge is -2.16. The number of anilines is 2.